The van der Waals surface area contributed by atoms with Gasteiger partial charge in [0.2, 0.25) is 0 Å². The number of rotatable bonds is 7. The van der Waals surface area contributed by atoms with E-state index in [9.17, 15) is 0 Å². The van der Waals surface area contributed by atoms with Gasteiger partial charge in [-0.1, -0.05) is 49.2 Å². The van der Waals surface area contributed by atoms with Crippen LogP contribution >= 0.6 is 0 Å². The summed E-state index contributed by atoms with van der Waals surface area (Å²) in [6, 6.07) is 10.9. The molecule has 0 radical (unpaired) electrons. The van der Waals surface area contributed by atoms with Gasteiger partial charge in [-0.05, 0) is 43.1 Å². The summed E-state index contributed by atoms with van der Waals surface area (Å²) < 4.78 is 5.57. The van der Waals surface area contributed by atoms with Crippen molar-refractivity contribution in [2.45, 2.75) is 38.5 Å². The Morgan fingerprint density at radius 1 is 1.05 bits per heavy atom. The van der Waals surface area contributed by atoms with Crippen LogP contribution in [0.5, 0.6) is 0 Å². The summed E-state index contributed by atoms with van der Waals surface area (Å²) in [5.41, 5.74) is 1.49. The zero-order valence-electron chi connectivity index (χ0n) is 11.9. The largest absolute Gasteiger partial charge is 0.377 e. The monoisotopic (exact) mass is 258 g/mol. The smallest absolute Gasteiger partial charge is 0.0644 e. The lowest BCUT2D eigenvalue weighted by Crippen LogP contribution is -2.19. The molecule has 0 aromatic heterocycles. The van der Waals surface area contributed by atoms with Crippen molar-refractivity contribution in [3.8, 4) is 0 Å². The molecule has 1 nitrogen and oxygen atoms in total. The van der Waals surface area contributed by atoms with Crippen molar-refractivity contribution in [1.29, 1.82) is 0 Å². The van der Waals surface area contributed by atoms with Gasteiger partial charge in [-0.25, -0.2) is 0 Å². The number of benzene rings is 1. The van der Waals surface area contributed by atoms with Crippen LogP contribution in [0.1, 0.15) is 37.7 Å². The zero-order valence-corrected chi connectivity index (χ0v) is 11.9. The quantitative estimate of drug-likeness (QED) is 0.512. The molecule has 0 amide bonds. The Bertz CT molecular complexity index is 349. The average Bonchev–Trinajstić information content (AvgIpc) is 2.48. The standard InChI is InChI=1S/C18H26O/c1-2-14-19-15-18-12-10-17(11-13-18)9-8-16-6-4-3-5-7-16/h2-7,17-18H,1,8-15H2/t17-,18-. The molecular formula is C18H26O. The normalized spacial score (nSPS) is 23.2. The third-order valence-electron chi connectivity index (χ3n) is 4.24. The molecule has 0 heterocycles. The predicted octanol–water partition coefficient (Wildman–Crippen LogP) is 4.63. The van der Waals surface area contributed by atoms with E-state index in [-0.39, 0.29) is 0 Å². The molecule has 1 aromatic carbocycles. The Kier molecular flexibility index (Phi) is 6.16. The summed E-state index contributed by atoms with van der Waals surface area (Å²) in [7, 11) is 0. The van der Waals surface area contributed by atoms with E-state index < -0.39 is 0 Å². The number of ether oxygens (including phenoxy) is 1. The lowest BCUT2D eigenvalue weighted by Gasteiger charge is -2.28. The van der Waals surface area contributed by atoms with Gasteiger partial charge in [-0.15, -0.1) is 6.58 Å². The highest BCUT2D eigenvalue weighted by molar-refractivity contribution is 5.14. The molecule has 0 spiro atoms. The van der Waals surface area contributed by atoms with E-state index in [2.05, 4.69) is 36.9 Å². The predicted molar refractivity (Wildman–Crippen MR) is 81.2 cm³/mol. The molecule has 0 aliphatic heterocycles. The van der Waals surface area contributed by atoms with E-state index in [1.54, 1.807) is 0 Å². The molecular weight excluding hydrogens is 232 g/mol. The Morgan fingerprint density at radius 2 is 1.74 bits per heavy atom. The Hall–Kier alpha value is -1.08. The third-order valence-corrected chi connectivity index (χ3v) is 4.24. The first kappa shape index (κ1) is 14.3. The lowest BCUT2D eigenvalue weighted by molar-refractivity contribution is 0.0952. The van der Waals surface area contributed by atoms with E-state index in [1.807, 2.05) is 6.08 Å². The molecule has 0 bridgehead atoms. The Balaban J connectivity index is 1.62. The van der Waals surface area contributed by atoms with Gasteiger partial charge in [0.25, 0.3) is 0 Å². The van der Waals surface area contributed by atoms with Crippen molar-refractivity contribution in [2.75, 3.05) is 13.2 Å². The molecule has 2 rings (SSSR count). The second-order valence-corrected chi connectivity index (χ2v) is 5.74. The minimum atomic E-state index is 0.702. The molecule has 1 aliphatic carbocycles. The van der Waals surface area contributed by atoms with Crippen LogP contribution in [0.3, 0.4) is 0 Å². The van der Waals surface area contributed by atoms with Crippen LogP contribution in [0.2, 0.25) is 0 Å². The molecule has 1 saturated carbocycles. The first-order chi connectivity index (χ1) is 9.38. The number of aryl methyl sites for hydroxylation is 1. The van der Waals surface area contributed by atoms with E-state index in [4.69, 9.17) is 4.74 Å². The summed E-state index contributed by atoms with van der Waals surface area (Å²) in [5, 5.41) is 0. The molecule has 0 saturated heterocycles. The van der Waals surface area contributed by atoms with E-state index in [1.165, 1.54) is 44.1 Å². The maximum Gasteiger partial charge on any atom is 0.0644 e. The Morgan fingerprint density at radius 3 is 2.42 bits per heavy atom. The average molecular weight is 258 g/mol. The van der Waals surface area contributed by atoms with Gasteiger partial charge >= 0.3 is 0 Å². The van der Waals surface area contributed by atoms with Crippen LogP contribution in [0, 0.1) is 11.8 Å². The molecule has 1 aliphatic rings. The topological polar surface area (TPSA) is 9.23 Å². The van der Waals surface area contributed by atoms with Crippen molar-refractivity contribution >= 4 is 0 Å². The summed E-state index contributed by atoms with van der Waals surface area (Å²) in [4.78, 5) is 0. The molecule has 1 heteroatoms. The number of hydrogen-bond acceptors (Lipinski definition) is 1. The van der Waals surface area contributed by atoms with Gasteiger partial charge in [0.05, 0.1) is 6.61 Å². The molecule has 0 N–H and O–H groups in total. The van der Waals surface area contributed by atoms with Gasteiger partial charge in [-0.3, -0.25) is 0 Å². The van der Waals surface area contributed by atoms with Gasteiger partial charge in [-0.2, -0.15) is 0 Å². The number of hydrogen-bond donors (Lipinski definition) is 0. The van der Waals surface area contributed by atoms with Crippen molar-refractivity contribution in [2.24, 2.45) is 11.8 Å². The third kappa shape index (κ3) is 5.20. The second kappa shape index (κ2) is 8.16. The van der Waals surface area contributed by atoms with Crippen molar-refractivity contribution in [3.05, 3.63) is 48.6 Å². The van der Waals surface area contributed by atoms with Gasteiger partial charge in [0.1, 0.15) is 0 Å². The van der Waals surface area contributed by atoms with Crippen molar-refractivity contribution in [3.63, 3.8) is 0 Å². The van der Waals surface area contributed by atoms with E-state index >= 15 is 0 Å². The lowest BCUT2D eigenvalue weighted by atomic mass is 9.80. The summed E-state index contributed by atoms with van der Waals surface area (Å²) in [6.07, 6.45) is 9.88. The van der Waals surface area contributed by atoms with Crippen LogP contribution in [-0.2, 0) is 11.2 Å². The molecule has 1 aromatic rings. The summed E-state index contributed by atoms with van der Waals surface area (Å²) in [5.74, 6) is 1.71. The molecule has 104 valence electrons. The van der Waals surface area contributed by atoms with E-state index in [0.717, 1.165) is 18.4 Å². The molecule has 1 fully saturated rings. The second-order valence-electron chi connectivity index (χ2n) is 5.74. The van der Waals surface area contributed by atoms with Crippen LogP contribution in [0.15, 0.2) is 43.0 Å². The highest BCUT2D eigenvalue weighted by Crippen LogP contribution is 2.31. The van der Waals surface area contributed by atoms with Crippen molar-refractivity contribution < 1.29 is 4.74 Å². The first-order valence-electron chi connectivity index (χ1n) is 7.61. The summed E-state index contributed by atoms with van der Waals surface area (Å²) in [6.45, 7) is 5.31. The maximum absolute atomic E-state index is 5.57. The fourth-order valence-electron chi connectivity index (χ4n) is 3.02. The minimum absolute atomic E-state index is 0.702. The van der Waals surface area contributed by atoms with Gasteiger partial charge < -0.3 is 4.74 Å². The highest BCUT2D eigenvalue weighted by Gasteiger charge is 2.20. The first-order valence-corrected chi connectivity index (χ1v) is 7.61. The molecule has 19 heavy (non-hydrogen) atoms. The van der Waals surface area contributed by atoms with Crippen LogP contribution in [0.25, 0.3) is 0 Å². The summed E-state index contributed by atoms with van der Waals surface area (Å²) >= 11 is 0. The SMILES string of the molecule is C=CCOC[C@H]1CC[C@H](CCc2ccccc2)CC1. The van der Waals surface area contributed by atoms with Gasteiger partial charge in [0, 0.05) is 6.61 Å². The van der Waals surface area contributed by atoms with Crippen molar-refractivity contribution in [1.82, 2.24) is 0 Å². The fourth-order valence-corrected chi connectivity index (χ4v) is 3.02. The van der Waals surface area contributed by atoms with E-state index in [0.29, 0.717) is 6.61 Å². The van der Waals surface area contributed by atoms with Crippen LogP contribution in [0.4, 0.5) is 0 Å². The molecule has 0 atom stereocenters. The van der Waals surface area contributed by atoms with Gasteiger partial charge in [0.15, 0.2) is 0 Å². The van der Waals surface area contributed by atoms with Crippen LogP contribution in [-0.4, -0.2) is 13.2 Å². The fraction of sp³-hybridized carbons (Fsp3) is 0.556. The minimum Gasteiger partial charge on any atom is -0.377 e. The molecule has 0 unspecified atom stereocenters. The highest BCUT2D eigenvalue weighted by atomic mass is 16.5. The Labute approximate surface area is 117 Å². The maximum atomic E-state index is 5.57. The zero-order chi connectivity index (χ0) is 13.3. The van der Waals surface area contributed by atoms with Crippen LogP contribution < -0.4 is 0 Å².